The van der Waals surface area contributed by atoms with E-state index in [9.17, 15) is 28.0 Å². The molecular formula is C18H14KN2O6S. The fourth-order valence-corrected chi connectivity index (χ4v) is 3.30. The van der Waals surface area contributed by atoms with Crippen molar-refractivity contribution in [3.05, 3.63) is 59.7 Å². The molecule has 8 nitrogen and oxygen atoms in total. The van der Waals surface area contributed by atoms with Crippen LogP contribution in [0.5, 0.6) is 5.75 Å². The molecule has 3 N–H and O–H groups in total. The van der Waals surface area contributed by atoms with E-state index < -0.39 is 26.7 Å². The van der Waals surface area contributed by atoms with Crippen LogP contribution >= 0.6 is 0 Å². The molecule has 3 aromatic carbocycles. The molecule has 0 saturated heterocycles. The van der Waals surface area contributed by atoms with Gasteiger partial charge in [0.2, 0.25) is 0 Å². The van der Waals surface area contributed by atoms with Crippen molar-refractivity contribution in [2.75, 3.05) is 0 Å². The van der Waals surface area contributed by atoms with Crippen molar-refractivity contribution in [3.63, 3.8) is 0 Å². The second kappa shape index (κ2) is 8.78. The molecule has 3 aromatic rings. The number of aryl methyl sites for hydroxylation is 1. The van der Waals surface area contributed by atoms with Gasteiger partial charge in [0.15, 0.2) is 5.75 Å². The molecule has 0 aliphatic heterocycles. The van der Waals surface area contributed by atoms with Gasteiger partial charge in [-0.15, -0.1) is 10.2 Å². The van der Waals surface area contributed by atoms with Crippen molar-refractivity contribution < 1.29 is 28.0 Å². The van der Waals surface area contributed by atoms with Gasteiger partial charge < -0.3 is 10.2 Å². The number of phenols is 1. The van der Waals surface area contributed by atoms with E-state index in [1.165, 1.54) is 18.2 Å². The van der Waals surface area contributed by atoms with Gasteiger partial charge >= 0.3 is 5.97 Å². The summed E-state index contributed by atoms with van der Waals surface area (Å²) in [6.07, 6.45) is 0. The molecule has 139 valence electrons. The van der Waals surface area contributed by atoms with Gasteiger partial charge in [0.1, 0.15) is 21.8 Å². The summed E-state index contributed by atoms with van der Waals surface area (Å²) >= 11 is 0. The number of carboxylic acid groups (broad SMARTS) is 1. The van der Waals surface area contributed by atoms with Gasteiger partial charge in [0, 0.05) is 56.8 Å². The van der Waals surface area contributed by atoms with Crippen molar-refractivity contribution in [2.24, 2.45) is 10.2 Å². The summed E-state index contributed by atoms with van der Waals surface area (Å²) in [5.41, 5.74) is -0.0380. The molecule has 0 spiro atoms. The zero-order chi connectivity index (χ0) is 19.8. The van der Waals surface area contributed by atoms with Crippen LogP contribution < -0.4 is 0 Å². The number of azo groups is 1. The number of fused-ring (bicyclic) bond motifs is 1. The Morgan fingerprint density at radius 2 is 1.71 bits per heavy atom. The topological polar surface area (TPSA) is 137 Å². The molecule has 0 amide bonds. The van der Waals surface area contributed by atoms with Crippen molar-refractivity contribution in [1.82, 2.24) is 0 Å². The van der Waals surface area contributed by atoms with Crippen LogP contribution in [0.2, 0.25) is 0 Å². The zero-order valence-corrected chi connectivity index (χ0v) is 18.9. The van der Waals surface area contributed by atoms with Crippen LogP contribution in [0, 0.1) is 6.92 Å². The van der Waals surface area contributed by atoms with Crippen LogP contribution in [0.25, 0.3) is 10.8 Å². The maximum absolute atomic E-state index is 11.6. The molecule has 1 radical (unpaired) electrons. The fourth-order valence-electron chi connectivity index (χ4n) is 2.60. The third-order valence-corrected chi connectivity index (χ3v) is 4.76. The average Bonchev–Trinajstić information content (AvgIpc) is 2.60. The van der Waals surface area contributed by atoms with Gasteiger partial charge in [0.25, 0.3) is 10.1 Å². The van der Waals surface area contributed by atoms with Crippen LogP contribution in [-0.4, -0.2) is 80.5 Å². The van der Waals surface area contributed by atoms with E-state index in [0.717, 1.165) is 0 Å². The van der Waals surface area contributed by atoms with E-state index in [1.54, 1.807) is 37.3 Å². The first-order valence-corrected chi connectivity index (χ1v) is 9.10. The van der Waals surface area contributed by atoms with E-state index in [0.29, 0.717) is 16.3 Å². The van der Waals surface area contributed by atoms with Gasteiger partial charge in [-0.2, -0.15) is 8.42 Å². The molecule has 0 bridgehead atoms. The Morgan fingerprint density at radius 3 is 2.36 bits per heavy atom. The van der Waals surface area contributed by atoms with E-state index in [-0.39, 0.29) is 68.3 Å². The summed E-state index contributed by atoms with van der Waals surface area (Å²) in [7, 11) is -4.54. The summed E-state index contributed by atoms with van der Waals surface area (Å²) in [4.78, 5) is 10.9. The summed E-state index contributed by atoms with van der Waals surface area (Å²) in [6, 6.07) is 12.1. The fraction of sp³-hybridized carbons (Fsp3) is 0.0556. The third-order valence-electron chi connectivity index (χ3n) is 3.88. The predicted molar refractivity (Wildman–Crippen MR) is 103 cm³/mol. The molecule has 0 unspecified atom stereocenters. The van der Waals surface area contributed by atoms with Crippen LogP contribution in [0.15, 0.2) is 63.7 Å². The number of nitrogens with zero attached hydrogens (tertiary/aromatic N) is 2. The van der Waals surface area contributed by atoms with Crippen molar-refractivity contribution in [2.45, 2.75) is 11.8 Å². The van der Waals surface area contributed by atoms with Crippen molar-refractivity contribution >= 4 is 89.6 Å². The number of rotatable bonds is 4. The van der Waals surface area contributed by atoms with Gasteiger partial charge in [-0.25, -0.2) is 4.79 Å². The summed E-state index contributed by atoms with van der Waals surface area (Å²) in [5, 5.41) is 28.2. The minimum absolute atomic E-state index is 0. The molecule has 0 aliphatic carbocycles. The minimum Gasteiger partial charge on any atom is -0.505 e. The monoisotopic (exact) mass is 425 g/mol. The molecule has 28 heavy (non-hydrogen) atoms. The minimum atomic E-state index is -4.54. The molecular weight excluding hydrogens is 411 g/mol. The maximum Gasteiger partial charge on any atom is 0.339 e. The number of hydrogen-bond acceptors (Lipinski definition) is 6. The van der Waals surface area contributed by atoms with E-state index >= 15 is 0 Å². The number of aromatic hydroxyl groups is 1. The largest absolute Gasteiger partial charge is 0.505 e. The third kappa shape index (κ3) is 4.66. The standard InChI is InChI=1S/C18H14N2O6S.K/c1-10-6-7-14(15(8-10)27(24,25)26)19-20-16-12-5-3-2-4-11(12)9-13(17(16)21)18(22)23;/h2-9,21H,1H3,(H,22,23)(H,24,25,26);. The Kier molecular flexibility index (Phi) is 7.10. The van der Waals surface area contributed by atoms with Gasteiger partial charge in [-0.3, -0.25) is 4.55 Å². The van der Waals surface area contributed by atoms with E-state index in [2.05, 4.69) is 10.2 Å². The quantitative estimate of drug-likeness (QED) is 0.330. The molecule has 0 saturated carbocycles. The average molecular weight is 425 g/mol. The van der Waals surface area contributed by atoms with Gasteiger partial charge in [0.05, 0.1) is 0 Å². The molecule has 0 aromatic heterocycles. The molecule has 0 aliphatic rings. The molecule has 0 atom stereocenters. The SMILES string of the molecule is Cc1ccc(N=Nc2c(O)c(C(=O)O)cc3ccccc23)c(S(=O)(=O)O)c1.[K]. The Labute approximate surface area is 203 Å². The van der Waals surface area contributed by atoms with Crippen LogP contribution in [0.3, 0.4) is 0 Å². The van der Waals surface area contributed by atoms with Gasteiger partial charge in [-0.1, -0.05) is 30.3 Å². The number of hydrogen-bond donors (Lipinski definition) is 3. The van der Waals surface area contributed by atoms with Crippen LogP contribution in [0.4, 0.5) is 11.4 Å². The molecule has 0 heterocycles. The predicted octanol–water partition coefficient (Wildman–Crippen LogP) is 3.83. The number of carboxylic acids is 1. The normalized spacial score (nSPS) is 11.5. The summed E-state index contributed by atoms with van der Waals surface area (Å²) < 4.78 is 32.5. The van der Waals surface area contributed by atoms with Crippen molar-refractivity contribution in [3.8, 4) is 5.75 Å². The zero-order valence-electron chi connectivity index (χ0n) is 15.0. The number of benzene rings is 3. The first-order valence-electron chi connectivity index (χ1n) is 7.66. The second-order valence-corrected chi connectivity index (χ2v) is 7.18. The first kappa shape index (κ1) is 22.6. The smallest absolute Gasteiger partial charge is 0.339 e. The number of aromatic carboxylic acids is 1. The molecule has 0 fully saturated rings. The molecule has 3 rings (SSSR count). The van der Waals surface area contributed by atoms with Crippen molar-refractivity contribution in [1.29, 1.82) is 0 Å². The van der Waals surface area contributed by atoms with E-state index in [4.69, 9.17) is 0 Å². The Hall–Kier alpha value is -1.66. The van der Waals surface area contributed by atoms with Crippen LogP contribution in [0.1, 0.15) is 15.9 Å². The van der Waals surface area contributed by atoms with Crippen LogP contribution in [-0.2, 0) is 10.1 Å². The molecule has 10 heteroatoms. The first-order chi connectivity index (χ1) is 12.7. The summed E-state index contributed by atoms with van der Waals surface area (Å²) in [6.45, 7) is 1.64. The Bertz CT molecular complexity index is 1210. The summed E-state index contributed by atoms with van der Waals surface area (Å²) in [5.74, 6) is -1.94. The second-order valence-electron chi connectivity index (χ2n) is 5.79. The van der Waals surface area contributed by atoms with E-state index in [1.807, 2.05) is 0 Å². The Balaban J connectivity index is 0.00000280. The maximum atomic E-state index is 11.6. The number of carbonyl (C=O) groups is 1. The van der Waals surface area contributed by atoms with Gasteiger partial charge in [-0.05, 0) is 36.1 Å². The Morgan fingerprint density at radius 1 is 1.04 bits per heavy atom.